The van der Waals surface area contributed by atoms with E-state index in [2.05, 4.69) is 4.98 Å². The third-order valence-electron chi connectivity index (χ3n) is 3.29. The van der Waals surface area contributed by atoms with Crippen molar-refractivity contribution >= 4 is 17.6 Å². The predicted octanol–water partition coefficient (Wildman–Crippen LogP) is 2.69. The van der Waals surface area contributed by atoms with Gasteiger partial charge in [0.05, 0.1) is 11.8 Å². The standard InChI is InChI=1S/C16H12F4N2O4/c1-15(25,16(18,19)20)14(24)22-9-4-5-11(12(17)7-9)13(23)26-10-3-2-6-21-8-10/h2-8,25H,1H3,(H,22,24). The Labute approximate surface area is 144 Å². The van der Waals surface area contributed by atoms with Gasteiger partial charge >= 0.3 is 12.1 Å². The molecule has 26 heavy (non-hydrogen) atoms. The summed E-state index contributed by atoms with van der Waals surface area (Å²) >= 11 is 0. The molecule has 0 bridgehead atoms. The fourth-order valence-corrected chi connectivity index (χ4v) is 1.71. The van der Waals surface area contributed by atoms with Crippen molar-refractivity contribution in [3.63, 3.8) is 0 Å². The normalized spacial score (nSPS) is 13.6. The molecule has 6 nitrogen and oxygen atoms in total. The van der Waals surface area contributed by atoms with Crippen LogP contribution in [0.1, 0.15) is 17.3 Å². The summed E-state index contributed by atoms with van der Waals surface area (Å²) in [6.45, 7) is 0.262. The molecule has 2 aromatic rings. The molecule has 2 N–H and O–H groups in total. The molecule has 0 saturated heterocycles. The maximum Gasteiger partial charge on any atom is 0.426 e. The zero-order valence-corrected chi connectivity index (χ0v) is 13.2. The maximum absolute atomic E-state index is 14.0. The molecule has 0 radical (unpaired) electrons. The molecule has 0 fully saturated rings. The minimum atomic E-state index is -5.22. The van der Waals surface area contributed by atoms with Crippen molar-refractivity contribution in [2.24, 2.45) is 0 Å². The molecule has 1 aromatic heterocycles. The molecule has 0 aliphatic heterocycles. The number of esters is 1. The molecule has 10 heteroatoms. The Balaban J connectivity index is 2.14. The number of rotatable bonds is 4. The number of pyridine rings is 1. The quantitative estimate of drug-likeness (QED) is 0.636. The highest BCUT2D eigenvalue weighted by Crippen LogP contribution is 2.31. The van der Waals surface area contributed by atoms with Crippen LogP contribution < -0.4 is 10.1 Å². The van der Waals surface area contributed by atoms with Gasteiger partial charge in [0.1, 0.15) is 11.6 Å². The summed E-state index contributed by atoms with van der Waals surface area (Å²) in [7, 11) is 0. The molecule has 0 aliphatic carbocycles. The van der Waals surface area contributed by atoms with Gasteiger partial charge in [0, 0.05) is 11.9 Å². The first-order valence-electron chi connectivity index (χ1n) is 7.04. The van der Waals surface area contributed by atoms with Gasteiger partial charge in [-0.25, -0.2) is 9.18 Å². The van der Waals surface area contributed by atoms with E-state index >= 15 is 0 Å². The van der Waals surface area contributed by atoms with Crippen molar-refractivity contribution in [1.29, 1.82) is 0 Å². The first kappa shape index (κ1) is 19.3. The lowest BCUT2D eigenvalue weighted by Gasteiger charge is -2.24. The zero-order chi connectivity index (χ0) is 19.5. The molecule has 0 aliphatic rings. The first-order chi connectivity index (χ1) is 12.0. The minimum absolute atomic E-state index is 0.0653. The van der Waals surface area contributed by atoms with Crippen LogP contribution in [0.5, 0.6) is 5.75 Å². The van der Waals surface area contributed by atoms with Crippen LogP contribution in [0.2, 0.25) is 0 Å². The summed E-state index contributed by atoms with van der Waals surface area (Å²) in [6.07, 6.45) is -2.56. The van der Waals surface area contributed by atoms with Gasteiger partial charge in [0.15, 0.2) is 0 Å². The molecule has 138 valence electrons. The maximum atomic E-state index is 14.0. The zero-order valence-electron chi connectivity index (χ0n) is 13.2. The third-order valence-corrected chi connectivity index (χ3v) is 3.29. The van der Waals surface area contributed by atoms with Crippen molar-refractivity contribution in [3.8, 4) is 5.75 Å². The lowest BCUT2D eigenvalue weighted by atomic mass is 10.1. The minimum Gasteiger partial charge on any atom is -0.421 e. The van der Waals surface area contributed by atoms with Crippen LogP contribution in [0.3, 0.4) is 0 Å². The molecule has 2 rings (SSSR count). The molecule has 1 amide bonds. The van der Waals surface area contributed by atoms with E-state index in [0.29, 0.717) is 6.07 Å². The second kappa shape index (κ2) is 7.08. The monoisotopic (exact) mass is 372 g/mol. The molecule has 1 unspecified atom stereocenters. The number of amides is 1. The SMILES string of the molecule is CC(O)(C(=O)Nc1ccc(C(=O)Oc2cccnc2)c(F)c1)C(F)(F)F. The lowest BCUT2D eigenvalue weighted by Crippen LogP contribution is -2.52. The van der Waals surface area contributed by atoms with Crippen LogP contribution in [-0.2, 0) is 4.79 Å². The number of carbonyl (C=O) groups is 2. The summed E-state index contributed by atoms with van der Waals surface area (Å²) in [6, 6.07) is 5.45. The van der Waals surface area contributed by atoms with Gasteiger partial charge < -0.3 is 15.2 Å². The largest absolute Gasteiger partial charge is 0.426 e. The fraction of sp³-hybridized carbons (Fsp3) is 0.188. The van der Waals surface area contributed by atoms with Crippen molar-refractivity contribution in [1.82, 2.24) is 4.98 Å². The van der Waals surface area contributed by atoms with Gasteiger partial charge in [-0.1, -0.05) is 0 Å². The van der Waals surface area contributed by atoms with Gasteiger partial charge in [-0.05, 0) is 37.3 Å². The highest BCUT2D eigenvalue weighted by molar-refractivity contribution is 5.98. The number of halogens is 4. The Kier molecular flexibility index (Phi) is 5.26. The van der Waals surface area contributed by atoms with Crippen molar-refractivity contribution in [2.45, 2.75) is 18.7 Å². The Morgan fingerprint density at radius 1 is 1.23 bits per heavy atom. The summed E-state index contributed by atoms with van der Waals surface area (Å²) in [5.41, 5.74) is -4.55. The smallest absolute Gasteiger partial charge is 0.421 e. The molecule has 1 atom stereocenters. The van der Waals surface area contributed by atoms with E-state index in [9.17, 15) is 32.3 Å². The Morgan fingerprint density at radius 3 is 2.46 bits per heavy atom. The number of hydrogen-bond donors (Lipinski definition) is 2. The average molecular weight is 372 g/mol. The topological polar surface area (TPSA) is 88.5 Å². The van der Waals surface area contributed by atoms with Crippen molar-refractivity contribution in [3.05, 3.63) is 54.1 Å². The van der Waals surface area contributed by atoms with Crippen LogP contribution in [0, 0.1) is 5.82 Å². The van der Waals surface area contributed by atoms with E-state index in [-0.39, 0.29) is 18.4 Å². The fourth-order valence-electron chi connectivity index (χ4n) is 1.71. The number of anilines is 1. The molecule has 1 aromatic carbocycles. The van der Waals surface area contributed by atoms with Crippen molar-refractivity contribution in [2.75, 3.05) is 5.32 Å². The van der Waals surface area contributed by atoms with Crippen LogP contribution in [-0.4, -0.2) is 33.7 Å². The molecule has 1 heterocycles. The molecule has 0 spiro atoms. The van der Waals surface area contributed by atoms with Crippen molar-refractivity contribution < 1.29 is 37.0 Å². The van der Waals surface area contributed by atoms with Crippen LogP contribution in [0.4, 0.5) is 23.2 Å². The number of nitrogens with zero attached hydrogens (tertiary/aromatic N) is 1. The summed E-state index contributed by atoms with van der Waals surface area (Å²) in [4.78, 5) is 27.2. The number of alkyl halides is 3. The van der Waals surface area contributed by atoms with Crippen LogP contribution in [0.15, 0.2) is 42.7 Å². The number of nitrogens with one attached hydrogen (secondary N) is 1. The van der Waals surface area contributed by atoms with E-state index < -0.39 is 35.0 Å². The van der Waals surface area contributed by atoms with Gasteiger partial charge in [0.2, 0.25) is 5.60 Å². The van der Waals surface area contributed by atoms with E-state index in [0.717, 1.165) is 12.1 Å². The number of benzene rings is 1. The molecule has 0 saturated carbocycles. The number of ether oxygens (including phenoxy) is 1. The van der Waals surface area contributed by atoms with Crippen LogP contribution >= 0.6 is 0 Å². The number of aliphatic hydroxyl groups is 1. The Bertz CT molecular complexity index is 823. The highest BCUT2D eigenvalue weighted by atomic mass is 19.4. The van der Waals surface area contributed by atoms with E-state index in [1.807, 2.05) is 0 Å². The predicted molar refractivity (Wildman–Crippen MR) is 80.9 cm³/mol. The molecular formula is C16H12F4N2O4. The summed E-state index contributed by atoms with van der Waals surface area (Å²) < 4.78 is 56.7. The van der Waals surface area contributed by atoms with E-state index in [4.69, 9.17) is 4.74 Å². The average Bonchev–Trinajstić information content (AvgIpc) is 2.54. The summed E-state index contributed by atoms with van der Waals surface area (Å²) in [5.74, 6) is -3.93. The first-order valence-corrected chi connectivity index (χ1v) is 7.04. The Morgan fingerprint density at radius 2 is 1.92 bits per heavy atom. The third kappa shape index (κ3) is 4.14. The van der Waals surface area contributed by atoms with Gasteiger partial charge in [-0.2, -0.15) is 13.2 Å². The lowest BCUT2D eigenvalue weighted by molar-refractivity contribution is -0.242. The number of aromatic nitrogens is 1. The highest BCUT2D eigenvalue weighted by Gasteiger charge is 2.55. The molecular weight excluding hydrogens is 360 g/mol. The van der Waals surface area contributed by atoms with Gasteiger partial charge in [-0.15, -0.1) is 0 Å². The van der Waals surface area contributed by atoms with Gasteiger partial charge in [-0.3, -0.25) is 9.78 Å². The number of hydrogen-bond acceptors (Lipinski definition) is 5. The van der Waals surface area contributed by atoms with E-state index in [1.165, 1.54) is 24.5 Å². The van der Waals surface area contributed by atoms with Gasteiger partial charge in [0.25, 0.3) is 5.91 Å². The number of carbonyl (C=O) groups excluding carboxylic acids is 2. The van der Waals surface area contributed by atoms with E-state index in [1.54, 1.807) is 5.32 Å². The second-order valence-corrected chi connectivity index (χ2v) is 5.30. The van der Waals surface area contributed by atoms with Crippen LogP contribution in [0.25, 0.3) is 0 Å². The summed E-state index contributed by atoms with van der Waals surface area (Å²) in [5, 5.41) is 11.0. The second-order valence-electron chi connectivity index (χ2n) is 5.30. The Hall–Kier alpha value is -3.01.